The third-order valence-corrected chi connectivity index (χ3v) is 5.71. The van der Waals surface area contributed by atoms with Crippen LogP contribution in [0, 0.1) is 6.92 Å². The zero-order valence-corrected chi connectivity index (χ0v) is 20.0. The topological polar surface area (TPSA) is 108 Å². The van der Waals surface area contributed by atoms with Gasteiger partial charge in [-0.3, -0.25) is 0 Å². The van der Waals surface area contributed by atoms with Crippen molar-refractivity contribution >= 4 is 22.9 Å². The highest BCUT2D eigenvalue weighted by Gasteiger charge is 2.21. The van der Waals surface area contributed by atoms with Crippen LogP contribution >= 0.6 is 0 Å². The first-order chi connectivity index (χ1) is 15.1. The van der Waals surface area contributed by atoms with Crippen LogP contribution < -0.4 is 10.6 Å². The van der Waals surface area contributed by atoms with Gasteiger partial charge in [-0.15, -0.1) is 0 Å². The molecule has 4 N–H and O–H groups in total. The van der Waals surface area contributed by atoms with Crippen LogP contribution in [0.2, 0.25) is 0 Å². The normalized spacial score (nSPS) is 13.0. The molecule has 0 amide bonds. The monoisotopic (exact) mass is 440 g/mol. The average Bonchev–Trinajstić information content (AvgIpc) is 3.12. The Morgan fingerprint density at radius 3 is 2.53 bits per heavy atom. The Bertz CT molecular complexity index is 1050. The predicted octanol–water partition coefficient (Wildman–Crippen LogP) is 4.77. The molecule has 8 nitrogen and oxygen atoms in total. The van der Waals surface area contributed by atoms with Crippen LogP contribution in [0.5, 0.6) is 5.75 Å². The van der Waals surface area contributed by atoms with Crippen molar-refractivity contribution in [3.05, 3.63) is 35.7 Å². The summed E-state index contributed by atoms with van der Waals surface area (Å²) in [6, 6.07) is 5.97. The standard InChI is InChI=1S/C24H36N6O2/c1-7-18(8-2)30-14-26-19-21(25-13-17-11-9-10-15(3)20(17)31)28-23(29-22(19)30)27-16(4)12-24(5,6)32/h9-11,14,16,18,31-32H,7-8,12-13H2,1-6H3,(H2,25,27,28,29). The number of nitrogens with one attached hydrogen (secondary N) is 2. The number of hydrogen-bond acceptors (Lipinski definition) is 7. The second-order valence-corrected chi connectivity index (χ2v) is 9.19. The first-order valence-corrected chi connectivity index (χ1v) is 11.4. The highest BCUT2D eigenvalue weighted by molar-refractivity contribution is 5.84. The number of para-hydroxylation sites is 1. The van der Waals surface area contributed by atoms with Crippen molar-refractivity contribution in [2.24, 2.45) is 0 Å². The number of nitrogens with zero attached hydrogens (tertiary/aromatic N) is 4. The lowest BCUT2D eigenvalue weighted by molar-refractivity contribution is 0.0672. The quantitative estimate of drug-likeness (QED) is 0.359. The maximum absolute atomic E-state index is 10.4. The number of anilines is 2. The van der Waals surface area contributed by atoms with Gasteiger partial charge in [-0.05, 0) is 52.5 Å². The Balaban J connectivity index is 1.98. The van der Waals surface area contributed by atoms with Crippen molar-refractivity contribution in [3.8, 4) is 5.75 Å². The van der Waals surface area contributed by atoms with Gasteiger partial charge in [0.15, 0.2) is 17.0 Å². The molecule has 0 saturated carbocycles. The van der Waals surface area contributed by atoms with E-state index in [2.05, 4.69) is 39.0 Å². The molecule has 0 aliphatic heterocycles. The molecule has 1 aromatic carbocycles. The fraction of sp³-hybridized carbons (Fsp3) is 0.542. The molecule has 1 atom stereocenters. The molecule has 0 fully saturated rings. The second-order valence-electron chi connectivity index (χ2n) is 9.19. The highest BCUT2D eigenvalue weighted by atomic mass is 16.3. The van der Waals surface area contributed by atoms with Crippen molar-refractivity contribution in [3.63, 3.8) is 0 Å². The summed E-state index contributed by atoms with van der Waals surface area (Å²) in [4.78, 5) is 14.1. The number of benzene rings is 1. The Hall–Kier alpha value is -2.87. The van der Waals surface area contributed by atoms with Gasteiger partial charge < -0.3 is 25.4 Å². The van der Waals surface area contributed by atoms with Crippen molar-refractivity contribution in [1.82, 2.24) is 19.5 Å². The van der Waals surface area contributed by atoms with Crippen LogP contribution in [-0.4, -0.2) is 41.4 Å². The van der Waals surface area contributed by atoms with E-state index in [9.17, 15) is 10.2 Å². The molecule has 0 saturated heterocycles. The smallest absolute Gasteiger partial charge is 0.226 e. The van der Waals surface area contributed by atoms with Gasteiger partial charge in [-0.25, -0.2) is 4.98 Å². The molecule has 0 radical (unpaired) electrons. The Morgan fingerprint density at radius 1 is 1.16 bits per heavy atom. The largest absolute Gasteiger partial charge is 0.507 e. The molecule has 32 heavy (non-hydrogen) atoms. The number of imidazole rings is 1. The Morgan fingerprint density at radius 2 is 1.88 bits per heavy atom. The Kier molecular flexibility index (Phi) is 7.23. The van der Waals surface area contributed by atoms with Crippen molar-refractivity contribution in [2.45, 2.75) is 85.0 Å². The van der Waals surface area contributed by atoms with Crippen LogP contribution in [0.3, 0.4) is 0 Å². The molecule has 0 bridgehead atoms. The molecule has 3 aromatic rings. The summed E-state index contributed by atoms with van der Waals surface area (Å²) < 4.78 is 2.11. The summed E-state index contributed by atoms with van der Waals surface area (Å²) >= 11 is 0. The van der Waals surface area contributed by atoms with Crippen molar-refractivity contribution in [2.75, 3.05) is 10.6 Å². The number of aromatic hydroxyl groups is 1. The highest BCUT2D eigenvalue weighted by Crippen LogP contribution is 2.28. The number of phenols is 1. The summed E-state index contributed by atoms with van der Waals surface area (Å²) in [6.07, 6.45) is 4.34. The van der Waals surface area contributed by atoms with E-state index in [-0.39, 0.29) is 11.8 Å². The van der Waals surface area contributed by atoms with Crippen LogP contribution in [-0.2, 0) is 6.54 Å². The van der Waals surface area contributed by atoms with E-state index in [0.717, 1.165) is 29.6 Å². The third-order valence-electron chi connectivity index (χ3n) is 5.71. The van der Waals surface area contributed by atoms with E-state index in [0.29, 0.717) is 36.3 Å². The van der Waals surface area contributed by atoms with Gasteiger partial charge in [0.25, 0.3) is 0 Å². The zero-order valence-electron chi connectivity index (χ0n) is 20.0. The molecular formula is C24H36N6O2. The molecule has 0 aliphatic rings. The number of aliphatic hydroxyl groups is 1. The summed E-state index contributed by atoms with van der Waals surface area (Å²) in [5, 5.41) is 27.2. The number of hydrogen-bond donors (Lipinski definition) is 4. The van der Waals surface area contributed by atoms with E-state index in [1.54, 1.807) is 13.8 Å². The van der Waals surface area contributed by atoms with Crippen LogP contribution in [0.1, 0.15) is 71.0 Å². The van der Waals surface area contributed by atoms with E-state index in [1.165, 1.54) is 0 Å². The van der Waals surface area contributed by atoms with E-state index in [1.807, 2.05) is 38.4 Å². The molecule has 174 valence electrons. The maximum atomic E-state index is 10.4. The second kappa shape index (κ2) is 9.73. The van der Waals surface area contributed by atoms with E-state index in [4.69, 9.17) is 4.98 Å². The summed E-state index contributed by atoms with van der Waals surface area (Å²) in [5.41, 5.74) is 2.30. The van der Waals surface area contributed by atoms with Gasteiger partial charge >= 0.3 is 0 Å². The number of rotatable bonds is 10. The molecule has 8 heteroatoms. The average molecular weight is 441 g/mol. The van der Waals surface area contributed by atoms with Crippen molar-refractivity contribution < 1.29 is 10.2 Å². The lowest BCUT2D eigenvalue weighted by Gasteiger charge is -2.23. The number of aryl methyl sites for hydroxylation is 1. The SMILES string of the molecule is CCC(CC)n1cnc2c(NCc3cccc(C)c3O)nc(NC(C)CC(C)(C)O)nc21. The molecule has 1 unspecified atom stereocenters. The maximum Gasteiger partial charge on any atom is 0.226 e. The lowest BCUT2D eigenvalue weighted by atomic mass is 10.0. The van der Waals surface area contributed by atoms with Gasteiger partial charge in [0.05, 0.1) is 11.9 Å². The number of fused-ring (bicyclic) bond motifs is 1. The molecule has 0 spiro atoms. The van der Waals surface area contributed by atoms with Crippen LogP contribution in [0.25, 0.3) is 11.2 Å². The summed E-state index contributed by atoms with van der Waals surface area (Å²) in [7, 11) is 0. The first kappa shape index (κ1) is 23.8. The van der Waals surface area contributed by atoms with Gasteiger partial charge in [-0.1, -0.05) is 32.0 Å². The fourth-order valence-electron chi connectivity index (χ4n) is 4.12. The van der Waals surface area contributed by atoms with Crippen LogP contribution in [0.15, 0.2) is 24.5 Å². The summed E-state index contributed by atoms with van der Waals surface area (Å²) in [6.45, 7) is 12.2. The number of phenolic OH excluding ortho intramolecular Hbond substituents is 1. The van der Waals surface area contributed by atoms with Crippen LogP contribution in [0.4, 0.5) is 11.8 Å². The Labute approximate surface area is 190 Å². The van der Waals surface area contributed by atoms with Gasteiger partial charge in [-0.2, -0.15) is 9.97 Å². The third kappa shape index (κ3) is 5.48. The van der Waals surface area contributed by atoms with E-state index < -0.39 is 5.60 Å². The van der Waals surface area contributed by atoms with Gasteiger partial charge in [0, 0.05) is 24.2 Å². The molecular weight excluding hydrogens is 404 g/mol. The first-order valence-electron chi connectivity index (χ1n) is 11.4. The van der Waals surface area contributed by atoms with Gasteiger partial charge in [0.1, 0.15) is 5.75 Å². The van der Waals surface area contributed by atoms with Gasteiger partial charge in [0.2, 0.25) is 5.95 Å². The molecule has 0 aliphatic carbocycles. The minimum atomic E-state index is -0.794. The zero-order chi connectivity index (χ0) is 23.5. The molecule has 2 heterocycles. The summed E-state index contributed by atoms with van der Waals surface area (Å²) in [5.74, 6) is 1.38. The fourth-order valence-corrected chi connectivity index (χ4v) is 4.12. The minimum Gasteiger partial charge on any atom is -0.507 e. The molecule has 2 aromatic heterocycles. The lowest BCUT2D eigenvalue weighted by Crippen LogP contribution is -2.29. The predicted molar refractivity (Wildman–Crippen MR) is 129 cm³/mol. The van der Waals surface area contributed by atoms with E-state index >= 15 is 0 Å². The van der Waals surface area contributed by atoms with Crippen molar-refractivity contribution in [1.29, 1.82) is 0 Å². The minimum absolute atomic E-state index is 0.0226. The number of aromatic nitrogens is 4. The molecule has 3 rings (SSSR count).